The summed E-state index contributed by atoms with van der Waals surface area (Å²) < 4.78 is 5.47. The maximum Gasteiger partial charge on any atom is 0.168 e. The highest BCUT2D eigenvalue weighted by Gasteiger charge is 2.02. The molecular weight excluding hydrogens is 220 g/mol. The predicted molar refractivity (Wildman–Crippen MR) is 71.4 cm³/mol. The lowest BCUT2D eigenvalue weighted by Crippen LogP contribution is -2.07. The van der Waals surface area contributed by atoms with E-state index in [9.17, 15) is 0 Å². The summed E-state index contributed by atoms with van der Waals surface area (Å²) in [4.78, 5) is 4.25. The van der Waals surface area contributed by atoms with E-state index in [-0.39, 0.29) is 0 Å². The molecule has 4 heteroatoms. The molecule has 1 heterocycles. The number of rotatable bonds is 8. The zero-order valence-electron chi connectivity index (χ0n) is 9.61. The van der Waals surface area contributed by atoms with Gasteiger partial charge in [0.1, 0.15) is 0 Å². The molecule has 0 aliphatic rings. The molecule has 0 bridgehead atoms. The number of nitrogens with one attached hydrogen (secondary N) is 1. The molecule has 0 amide bonds. The van der Waals surface area contributed by atoms with Crippen LogP contribution in [-0.2, 0) is 0 Å². The van der Waals surface area contributed by atoms with Gasteiger partial charge in [-0.1, -0.05) is 6.08 Å². The summed E-state index contributed by atoms with van der Waals surface area (Å²) in [6.45, 7) is 7.19. The van der Waals surface area contributed by atoms with E-state index in [0.717, 1.165) is 29.6 Å². The quantitative estimate of drug-likeness (QED) is 0.558. The summed E-state index contributed by atoms with van der Waals surface area (Å²) in [7, 11) is 0. The van der Waals surface area contributed by atoms with Crippen LogP contribution in [0.3, 0.4) is 0 Å². The second-order valence-corrected chi connectivity index (χ2v) is 4.22. The summed E-state index contributed by atoms with van der Waals surface area (Å²) in [6.07, 6.45) is 3.68. The first-order valence-electron chi connectivity index (χ1n) is 5.38. The van der Waals surface area contributed by atoms with Gasteiger partial charge in [0.05, 0.1) is 6.61 Å². The van der Waals surface area contributed by atoms with Crippen molar-refractivity contribution in [2.45, 2.75) is 6.92 Å². The minimum absolute atomic E-state index is 0.658. The van der Waals surface area contributed by atoms with E-state index in [1.54, 1.807) is 6.20 Å². The monoisotopic (exact) mass is 238 g/mol. The smallest absolute Gasteiger partial charge is 0.168 e. The van der Waals surface area contributed by atoms with Crippen molar-refractivity contribution in [3.8, 4) is 5.75 Å². The van der Waals surface area contributed by atoms with E-state index < -0.39 is 0 Å². The average molecular weight is 238 g/mol. The van der Waals surface area contributed by atoms with Crippen molar-refractivity contribution in [1.82, 2.24) is 4.98 Å². The van der Waals surface area contributed by atoms with Crippen molar-refractivity contribution in [3.05, 3.63) is 31.0 Å². The van der Waals surface area contributed by atoms with E-state index in [0.29, 0.717) is 6.61 Å². The van der Waals surface area contributed by atoms with Gasteiger partial charge in [0, 0.05) is 24.2 Å². The number of hydrogen-bond donors (Lipinski definition) is 1. The molecule has 0 spiro atoms. The lowest BCUT2D eigenvalue weighted by molar-refractivity contribution is 0.340. The summed E-state index contributed by atoms with van der Waals surface area (Å²) in [5, 5.41) is 3.27. The van der Waals surface area contributed by atoms with Crippen LogP contribution in [0.2, 0.25) is 0 Å². The van der Waals surface area contributed by atoms with Crippen LogP contribution < -0.4 is 10.1 Å². The normalized spacial score (nSPS) is 9.81. The van der Waals surface area contributed by atoms with Crippen LogP contribution in [0.1, 0.15) is 6.92 Å². The fraction of sp³-hybridized carbons (Fsp3) is 0.417. The molecule has 0 fully saturated rings. The Morgan fingerprint density at radius 2 is 2.50 bits per heavy atom. The van der Waals surface area contributed by atoms with Crippen molar-refractivity contribution < 1.29 is 4.74 Å². The van der Waals surface area contributed by atoms with Gasteiger partial charge < -0.3 is 10.1 Å². The van der Waals surface area contributed by atoms with Crippen molar-refractivity contribution in [3.63, 3.8) is 0 Å². The maximum absolute atomic E-state index is 5.47. The third-order valence-electron chi connectivity index (χ3n) is 1.85. The number of hydrogen-bond acceptors (Lipinski definition) is 4. The largest absolute Gasteiger partial charge is 0.490 e. The fourth-order valence-electron chi connectivity index (χ4n) is 1.20. The molecule has 0 saturated carbocycles. The van der Waals surface area contributed by atoms with E-state index in [1.165, 1.54) is 0 Å². The number of ether oxygens (including phenoxy) is 1. The van der Waals surface area contributed by atoms with Gasteiger partial charge in [-0.2, -0.15) is 11.8 Å². The van der Waals surface area contributed by atoms with Crippen molar-refractivity contribution in [2.75, 3.05) is 30.0 Å². The standard InChI is InChI=1S/C12H18N2OS/c1-3-9-16-10-8-14-12-11(15-4-2)6-5-7-13-12/h3,5-7H,1,4,8-10H2,2H3,(H,13,14). The third-order valence-corrected chi connectivity index (χ3v) is 2.81. The molecule has 0 radical (unpaired) electrons. The average Bonchev–Trinajstić information content (AvgIpc) is 2.31. The second-order valence-electron chi connectivity index (χ2n) is 3.07. The molecular formula is C12H18N2OS. The zero-order chi connectivity index (χ0) is 11.6. The SMILES string of the molecule is C=CCSCCNc1ncccc1OCC. The molecule has 1 N–H and O–H groups in total. The van der Waals surface area contributed by atoms with Gasteiger partial charge >= 0.3 is 0 Å². The highest BCUT2D eigenvalue weighted by Crippen LogP contribution is 2.20. The first-order chi connectivity index (χ1) is 7.88. The van der Waals surface area contributed by atoms with Gasteiger partial charge in [-0.25, -0.2) is 4.98 Å². The van der Waals surface area contributed by atoms with Crippen molar-refractivity contribution in [1.29, 1.82) is 0 Å². The van der Waals surface area contributed by atoms with E-state index in [1.807, 2.05) is 36.9 Å². The molecule has 0 saturated heterocycles. The number of aromatic nitrogens is 1. The van der Waals surface area contributed by atoms with Crippen LogP contribution in [0.4, 0.5) is 5.82 Å². The minimum Gasteiger partial charge on any atom is -0.490 e. The van der Waals surface area contributed by atoms with E-state index in [2.05, 4.69) is 16.9 Å². The summed E-state index contributed by atoms with van der Waals surface area (Å²) >= 11 is 1.84. The minimum atomic E-state index is 0.658. The molecule has 0 atom stereocenters. The summed E-state index contributed by atoms with van der Waals surface area (Å²) in [5.41, 5.74) is 0. The molecule has 1 rings (SSSR count). The first kappa shape index (κ1) is 12.9. The van der Waals surface area contributed by atoms with Gasteiger partial charge in [0.15, 0.2) is 11.6 Å². The predicted octanol–water partition coefficient (Wildman–Crippen LogP) is 2.81. The van der Waals surface area contributed by atoms with Crippen molar-refractivity contribution >= 4 is 17.6 Å². The molecule has 0 aliphatic heterocycles. The van der Waals surface area contributed by atoms with E-state index in [4.69, 9.17) is 4.74 Å². The Balaban J connectivity index is 2.37. The van der Waals surface area contributed by atoms with Crippen LogP contribution >= 0.6 is 11.8 Å². The van der Waals surface area contributed by atoms with Gasteiger partial charge in [-0.05, 0) is 19.1 Å². The van der Waals surface area contributed by atoms with Gasteiger partial charge in [-0.15, -0.1) is 6.58 Å². The van der Waals surface area contributed by atoms with Crippen LogP contribution in [0, 0.1) is 0 Å². The third kappa shape index (κ3) is 4.57. The number of anilines is 1. The maximum atomic E-state index is 5.47. The van der Waals surface area contributed by atoms with Gasteiger partial charge in [0.25, 0.3) is 0 Å². The Morgan fingerprint density at radius 3 is 3.25 bits per heavy atom. The van der Waals surface area contributed by atoms with Crippen LogP contribution in [-0.4, -0.2) is 29.6 Å². The molecule has 0 unspecified atom stereocenters. The molecule has 1 aromatic heterocycles. The molecule has 16 heavy (non-hydrogen) atoms. The molecule has 3 nitrogen and oxygen atoms in total. The Bertz CT molecular complexity index is 318. The Labute approximate surface area is 101 Å². The fourth-order valence-corrected chi connectivity index (χ4v) is 1.78. The Kier molecular flexibility index (Phi) is 6.49. The summed E-state index contributed by atoms with van der Waals surface area (Å²) in [6, 6.07) is 3.80. The first-order valence-corrected chi connectivity index (χ1v) is 6.54. The lowest BCUT2D eigenvalue weighted by Gasteiger charge is -2.10. The van der Waals surface area contributed by atoms with Crippen LogP contribution in [0.15, 0.2) is 31.0 Å². The Hall–Kier alpha value is -1.16. The Morgan fingerprint density at radius 1 is 1.62 bits per heavy atom. The highest BCUT2D eigenvalue weighted by molar-refractivity contribution is 7.99. The number of thioether (sulfide) groups is 1. The zero-order valence-corrected chi connectivity index (χ0v) is 10.4. The molecule has 0 aromatic carbocycles. The van der Waals surface area contributed by atoms with E-state index >= 15 is 0 Å². The van der Waals surface area contributed by atoms with Crippen LogP contribution in [0.25, 0.3) is 0 Å². The van der Waals surface area contributed by atoms with Crippen molar-refractivity contribution in [2.24, 2.45) is 0 Å². The number of pyridine rings is 1. The van der Waals surface area contributed by atoms with Crippen LogP contribution in [0.5, 0.6) is 5.75 Å². The number of nitrogens with zero attached hydrogens (tertiary/aromatic N) is 1. The molecule has 88 valence electrons. The lowest BCUT2D eigenvalue weighted by atomic mass is 10.4. The molecule has 1 aromatic rings. The highest BCUT2D eigenvalue weighted by atomic mass is 32.2. The van der Waals surface area contributed by atoms with Gasteiger partial charge in [-0.3, -0.25) is 0 Å². The summed E-state index contributed by atoms with van der Waals surface area (Å²) in [5.74, 6) is 3.67. The molecule has 0 aliphatic carbocycles. The second kappa shape index (κ2) is 8.05. The topological polar surface area (TPSA) is 34.2 Å². The van der Waals surface area contributed by atoms with Gasteiger partial charge in [0.2, 0.25) is 0 Å².